The summed E-state index contributed by atoms with van der Waals surface area (Å²) in [5.74, 6) is 0. The summed E-state index contributed by atoms with van der Waals surface area (Å²) in [5, 5.41) is 10.2. The molecule has 0 spiro atoms. The fraction of sp³-hybridized carbons (Fsp3) is 0. The molecule has 9 rings (SSSR count). The van der Waals surface area contributed by atoms with Gasteiger partial charge in [0.15, 0.2) is 0 Å². The van der Waals surface area contributed by atoms with Gasteiger partial charge in [-0.25, -0.2) is 0 Å². The minimum absolute atomic E-state index is 1.17. The first-order valence-electron chi connectivity index (χ1n) is 13.8. The van der Waals surface area contributed by atoms with Gasteiger partial charge in [-0.15, -0.1) is 0 Å². The molecule has 0 atom stereocenters. The molecule has 0 aliphatic rings. The number of hydrogen-bond donors (Lipinski definition) is 1. The highest BCUT2D eigenvalue weighted by atomic mass is 15.0. The lowest BCUT2D eigenvalue weighted by Gasteiger charge is -2.14. The van der Waals surface area contributed by atoms with Gasteiger partial charge in [0.25, 0.3) is 0 Å². The number of H-pyrrole nitrogens is 1. The second-order valence-electron chi connectivity index (χ2n) is 10.6. The number of hydrogen-bond acceptors (Lipinski definition) is 0. The van der Waals surface area contributed by atoms with E-state index < -0.39 is 0 Å². The van der Waals surface area contributed by atoms with Gasteiger partial charge in [-0.3, -0.25) is 0 Å². The summed E-state index contributed by atoms with van der Waals surface area (Å²) in [5.41, 5.74) is 8.51. The molecule has 0 fully saturated rings. The van der Waals surface area contributed by atoms with Crippen LogP contribution in [0.15, 0.2) is 140 Å². The van der Waals surface area contributed by atoms with Crippen LogP contribution in [0.1, 0.15) is 0 Å². The summed E-state index contributed by atoms with van der Waals surface area (Å²) < 4.78 is 2.42. The highest BCUT2D eigenvalue weighted by molar-refractivity contribution is 6.27. The third kappa shape index (κ3) is 2.88. The maximum Gasteiger partial charge on any atom is 0.0553 e. The van der Waals surface area contributed by atoms with Crippen molar-refractivity contribution in [2.75, 3.05) is 0 Å². The van der Waals surface area contributed by atoms with Crippen molar-refractivity contribution in [2.24, 2.45) is 0 Å². The Kier molecular flexibility index (Phi) is 4.36. The lowest BCUT2D eigenvalue weighted by molar-refractivity contribution is 1.18. The standard InChI is InChI=1S/C38H24N2/c1-2-12-24(13-3-1)40-35-21-11-9-19-30(35)37-28-17-6-4-14-25(28)32(23-36(37)40)31-22-33-27-16-8-10-20-34(27)39-38(33)29-18-7-5-15-26(29)31/h1-23,39H. The van der Waals surface area contributed by atoms with E-state index in [4.69, 9.17) is 0 Å². The molecule has 2 heterocycles. The first-order valence-corrected chi connectivity index (χ1v) is 13.8. The van der Waals surface area contributed by atoms with Crippen LogP contribution in [0.25, 0.3) is 82.0 Å². The molecule has 0 aliphatic heterocycles. The third-order valence-corrected chi connectivity index (χ3v) is 8.51. The molecule has 2 nitrogen and oxygen atoms in total. The van der Waals surface area contributed by atoms with Crippen molar-refractivity contribution in [1.29, 1.82) is 0 Å². The van der Waals surface area contributed by atoms with Gasteiger partial charge in [-0.05, 0) is 63.7 Å². The van der Waals surface area contributed by atoms with Crippen LogP contribution < -0.4 is 0 Å². The maximum atomic E-state index is 3.71. The quantitative estimate of drug-likeness (QED) is 0.240. The molecule has 9 aromatic rings. The first-order chi connectivity index (χ1) is 19.9. The van der Waals surface area contributed by atoms with Crippen LogP contribution in [0.2, 0.25) is 0 Å². The topological polar surface area (TPSA) is 20.7 Å². The van der Waals surface area contributed by atoms with E-state index in [-0.39, 0.29) is 0 Å². The number of rotatable bonds is 2. The van der Waals surface area contributed by atoms with Gasteiger partial charge in [0.2, 0.25) is 0 Å². The van der Waals surface area contributed by atoms with E-state index >= 15 is 0 Å². The third-order valence-electron chi connectivity index (χ3n) is 8.51. The minimum atomic E-state index is 1.17. The Hall–Kier alpha value is -5.34. The highest BCUT2D eigenvalue weighted by Crippen LogP contribution is 2.44. The number of fused-ring (bicyclic) bond motifs is 10. The molecule has 0 radical (unpaired) electrons. The predicted octanol–water partition coefficient (Wildman–Crippen LogP) is 10.4. The van der Waals surface area contributed by atoms with Crippen molar-refractivity contribution in [1.82, 2.24) is 9.55 Å². The molecular weight excluding hydrogens is 484 g/mol. The molecule has 0 saturated heterocycles. The van der Waals surface area contributed by atoms with Crippen LogP contribution in [0.3, 0.4) is 0 Å². The zero-order valence-corrected chi connectivity index (χ0v) is 21.7. The van der Waals surface area contributed by atoms with E-state index in [2.05, 4.69) is 149 Å². The molecule has 0 unspecified atom stereocenters. The van der Waals surface area contributed by atoms with Gasteiger partial charge in [-0.1, -0.05) is 103 Å². The summed E-state index contributed by atoms with van der Waals surface area (Å²) in [6.07, 6.45) is 0. The Balaban J connectivity index is 1.51. The summed E-state index contributed by atoms with van der Waals surface area (Å²) in [4.78, 5) is 3.71. The second kappa shape index (κ2) is 8.08. The molecule has 186 valence electrons. The normalized spacial score (nSPS) is 12.0. The van der Waals surface area contributed by atoms with Crippen LogP contribution in [0.4, 0.5) is 0 Å². The lowest BCUT2D eigenvalue weighted by atomic mass is 9.90. The number of benzene rings is 7. The Morgan fingerprint density at radius 3 is 1.77 bits per heavy atom. The SMILES string of the molecule is c1ccc(-n2c3ccccc3c3c4ccccc4c(-c4cc5c6ccccc6[nH]c5c5ccccc45)cc32)cc1. The lowest BCUT2D eigenvalue weighted by Crippen LogP contribution is -1.94. The Morgan fingerprint density at radius 2 is 0.975 bits per heavy atom. The maximum absolute atomic E-state index is 3.71. The van der Waals surface area contributed by atoms with Crippen LogP contribution in [0.5, 0.6) is 0 Å². The number of nitrogens with zero attached hydrogens (tertiary/aromatic N) is 1. The Morgan fingerprint density at radius 1 is 0.400 bits per heavy atom. The van der Waals surface area contributed by atoms with E-state index in [1.165, 1.54) is 82.0 Å². The van der Waals surface area contributed by atoms with E-state index in [1.807, 2.05) is 0 Å². The summed E-state index contributed by atoms with van der Waals surface area (Å²) in [7, 11) is 0. The predicted molar refractivity (Wildman–Crippen MR) is 171 cm³/mol. The second-order valence-corrected chi connectivity index (χ2v) is 10.6. The van der Waals surface area contributed by atoms with Crippen LogP contribution in [-0.2, 0) is 0 Å². The van der Waals surface area contributed by atoms with E-state index in [1.54, 1.807) is 0 Å². The van der Waals surface area contributed by atoms with Crippen molar-refractivity contribution in [3.63, 3.8) is 0 Å². The summed E-state index contributed by atoms with van der Waals surface area (Å²) in [6, 6.07) is 50.7. The number of aromatic amines is 1. The van der Waals surface area contributed by atoms with Gasteiger partial charge >= 0.3 is 0 Å². The summed E-state index contributed by atoms with van der Waals surface area (Å²) >= 11 is 0. The van der Waals surface area contributed by atoms with E-state index in [0.717, 1.165) is 0 Å². The molecule has 0 aliphatic carbocycles. The highest BCUT2D eigenvalue weighted by Gasteiger charge is 2.20. The number of aromatic nitrogens is 2. The van der Waals surface area contributed by atoms with Gasteiger partial charge in [0.1, 0.15) is 0 Å². The van der Waals surface area contributed by atoms with Crippen LogP contribution in [-0.4, -0.2) is 9.55 Å². The van der Waals surface area contributed by atoms with Crippen molar-refractivity contribution >= 4 is 65.2 Å². The van der Waals surface area contributed by atoms with Crippen molar-refractivity contribution in [3.05, 3.63) is 140 Å². The molecular formula is C38H24N2. The average molecular weight is 509 g/mol. The molecule has 2 aromatic heterocycles. The molecule has 0 bridgehead atoms. The molecule has 7 aromatic carbocycles. The average Bonchev–Trinajstić information content (AvgIpc) is 3.57. The van der Waals surface area contributed by atoms with Gasteiger partial charge in [0.05, 0.1) is 16.6 Å². The van der Waals surface area contributed by atoms with Crippen molar-refractivity contribution in [3.8, 4) is 16.8 Å². The monoisotopic (exact) mass is 508 g/mol. The number of nitrogens with one attached hydrogen (secondary N) is 1. The molecule has 2 heteroatoms. The molecule has 1 N–H and O–H groups in total. The van der Waals surface area contributed by atoms with E-state index in [9.17, 15) is 0 Å². The molecule has 40 heavy (non-hydrogen) atoms. The fourth-order valence-corrected chi connectivity index (χ4v) is 6.81. The zero-order valence-electron chi connectivity index (χ0n) is 21.7. The zero-order chi connectivity index (χ0) is 26.2. The smallest absolute Gasteiger partial charge is 0.0553 e. The van der Waals surface area contributed by atoms with Crippen LogP contribution in [0, 0.1) is 0 Å². The fourth-order valence-electron chi connectivity index (χ4n) is 6.81. The van der Waals surface area contributed by atoms with Crippen LogP contribution >= 0.6 is 0 Å². The summed E-state index contributed by atoms with van der Waals surface area (Å²) in [6.45, 7) is 0. The van der Waals surface area contributed by atoms with E-state index in [0.29, 0.717) is 0 Å². The Bertz CT molecular complexity index is 2420. The van der Waals surface area contributed by atoms with Crippen molar-refractivity contribution < 1.29 is 0 Å². The Labute approximate surface area is 230 Å². The molecule has 0 saturated carbocycles. The molecule has 0 amide bonds. The van der Waals surface area contributed by atoms with Crippen molar-refractivity contribution in [2.45, 2.75) is 0 Å². The van der Waals surface area contributed by atoms with Gasteiger partial charge in [0, 0.05) is 38.1 Å². The van der Waals surface area contributed by atoms with Gasteiger partial charge < -0.3 is 9.55 Å². The first kappa shape index (κ1) is 21.6. The minimum Gasteiger partial charge on any atom is -0.354 e. The van der Waals surface area contributed by atoms with Gasteiger partial charge in [-0.2, -0.15) is 0 Å². The largest absolute Gasteiger partial charge is 0.354 e. The number of para-hydroxylation sites is 3.